The van der Waals surface area contributed by atoms with Crippen LogP contribution in [-0.2, 0) is 18.8 Å². The molecule has 0 atom stereocenters. The quantitative estimate of drug-likeness (QED) is 0.412. The molecule has 30 heavy (non-hydrogen) atoms. The molecule has 7 nitrogen and oxygen atoms in total. The molecule has 0 aromatic rings. The van der Waals surface area contributed by atoms with E-state index in [1.165, 1.54) is 0 Å². The number of rotatable bonds is 6. The summed E-state index contributed by atoms with van der Waals surface area (Å²) in [4.78, 5) is 26.0. The van der Waals surface area contributed by atoms with E-state index < -0.39 is 23.4 Å². The Balaban J connectivity index is 2.55. The fourth-order valence-electron chi connectivity index (χ4n) is 2.60. The number of allylic oxidation sites excluding steroid dienone is 1. The summed E-state index contributed by atoms with van der Waals surface area (Å²) in [6.07, 6.45) is 2.83. The van der Waals surface area contributed by atoms with E-state index in [1.807, 2.05) is 39.7 Å². The van der Waals surface area contributed by atoms with Crippen molar-refractivity contribution in [3.63, 3.8) is 0 Å². The van der Waals surface area contributed by atoms with Crippen molar-refractivity contribution in [1.29, 1.82) is 0 Å². The molecule has 1 saturated heterocycles. The Bertz CT molecular complexity index is 587. The topological polar surface area (TPSA) is 74.3 Å². The van der Waals surface area contributed by atoms with Crippen LogP contribution < -0.4 is 0 Å². The molecule has 0 bridgehead atoms. The van der Waals surface area contributed by atoms with Crippen LogP contribution in [0.3, 0.4) is 0 Å². The van der Waals surface area contributed by atoms with Crippen LogP contribution in [0.2, 0.25) is 0 Å². The summed E-state index contributed by atoms with van der Waals surface area (Å²) < 4.78 is 22.6. The van der Waals surface area contributed by atoms with Gasteiger partial charge in [-0.05, 0) is 88.5 Å². The molecular weight excluding hydrogens is 385 g/mol. The number of imide groups is 1. The molecule has 1 aliphatic heterocycles. The maximum Gasteiger partial charge on any atom is 0.486 e. The lowest BCUT2D eigenvalue weighted by Gasteiger charge is -2.32. The van der Waals surface area contributed by atoms with Crippen molar-refractivity contribution in [2.75, 3.05) is 6.54 Å². The number of carbonyl (C=O) groups excluding carboxylic acids is 2. The van der Waals surface area contributed by atoms with Crippen molar-refractivity contribution in [3.05, 3.63) is 12.1 Å². The van der Waals surface area contributed by atoms with Crippen LogP contribution >= 0.6 is 0 Å². The summed E-state index contributed by atoms with van der Waals surface area (Å²) in [6, 6.07) is 0. The highest BCUT2D eigenvalue weighted by atomic mass is 16.7. The van der Waals surface area contributed by atoms with E-state index in [0.717, 1.165) is 17.7 Å². The van der Waals surface area contributed by atoms with Gasteiger partial charge in [0, 0.05) is 6.54 Å². The SMILES string of the molecule is CC(C)(C)OC(=O)N(CCCC/C=C/B1OC(C)(C)C(C)(C)O1)C(=O)OC(C)(C)C. The normalized spacial score (nSPS) is 18.5. The lowest BCUT2D eigenvalue weighted by molar-refractivity contribution is 0.00122. The highest BCUT2D eigenvalue weighted by Gasteiger charge is 2.49. The van der Waals surface area contributed by atoms with Crippen molar-refractivity contribution >= 4 is 19.3 Å². The highest BCUT2D eigenvalue weighted by molar-refractivity contribution is 6.51. The Hall–Kier alpha value is -1.54. The predicted octanol–water partition coefficient (Wildman–Crippen LogP) is 5.52. The van der Waals surface area contributed by atoms with Crippen LogP contribution in [0.4, 0.5) is 9.59 Å². The van der Waals surface area contributed by atoms with Crippen molar-refractivity contribution in [2.24, 2.45) is 0 Å². The zero-order chi connectivity index (χ0) is 23.4. The van der Waals surface area contributed by atoms with Crippen LogP contribution in [0.5, 0.6) is 0 Å². The van der Waals surface area contributed by atoms with Gasteiger partial charge in [0.2, 0.25) is 0 Å². The van der Waals surface area contributed by atoms with Gasteiger partial charge in [0.1, 0.15) is 11.2 Å². The first-order valence-electron chi connectivity index (χ1n) is 10.7. The summed E-state index contributed by atoms with van der Waals surface area (Å²) in [7, 11) is -0.366. The number of hydrogen-bond donors (Lipinski definition) is 0. The smallest absolute Gasteiger partial charge is 0.443 e. The van der Waals surface area contributed by atoms with Gasteiger partial charge in [-0.3, -0.25) is 0 Å². The monoisotopic (exact) mass is 425 g/mol. The number of nitrogens with zero attached hydrogens (tertiary/aromatic N) is 1. The second-order valence-corrected chi connectivity index (χ2v) is 10.7. The molecule has 1 rings (SSSR count). The Labute approximate surface area is 182 Å². The van der Waals surface area contributed by atoms with Crippen molar-refractivity contribution in [1.82, 2.24) is 4.90 Å². The van der Waals surface area contributed by atoms with E-state index in [2.05, 4.69) is 0 Å². The van der Waals surface area contributed by atoms with Gasteiger partial charge in [0.05, 0.1) is 11.2 Å². The van der Waals surface area contributed by atoms with Crippen molar-refractivity contribution < 1.29 is 28.4 Å². The average Bonchev–Trinajstić information content (AvgIpc) is 2.69. The molecule has 0 saturated carbocycles. The van der Waals surface area contributed by atoms with Crippen LogP contribution in [0.15, 0.2) is 12.1 Å². The van der Waals surface area contributed by atoms with Crippen LogP contribution in [0.25, 0.3) is 0 Å². The Morgan fingerprint density at radius 1 is 0.867 bits per heavy atom. The van der Waals surface area contributed by atoms with E-state index >= 15 is 0 Å². The van der Waals surface area contributed by atoms with Gasteiger partial charge in [0.15, 0.2) is 0 Å². The predicted molar refractivity (Wildman–Crippen MR) is 118 cm³/mol. The largest absolute Gasteiger partial charge is 0.486 e. The summed E-state index contributed by atoms with van der Waals surface area (Å²) in [5.41, 5.74) is -2.10. The molecule has 8 heteroatoms. The second-order valence-electron chi connectivity index (χ2n) is 10.7. The molecule has 0 aliphatic carbocycles. The lowest BCUT2D eigenvalue weighted by Crippen LogP contribution is -2.44. The molecule has 0 N–H and O–H groups in total. The summed E-state index contributed by atoms with van der Waals surface area (Å²) in [6.45, 7) is 18.9. The molecule has 1 fully saturated rings. The van der Waals surface area contributed by atoms with Crippen LogP contribution in [0.1, 0.15) is 88.5 Å². The number of hydrogen-bond acceptors (Lipinski definition) is 6. The molecule has 1 aliphatic rings. The second kappa shape index (κ2) is 9.73. The Morgan fingerprint density at radius 3 is 1.70 bits per heavy atom. The third kappa shape index (κ3) is 8.68. The molecule has 172 valence electrons. The van der Waals surface area contributed by atoms with E-state index in [-0.39, 0.29) is 24.9 Å². The molecule has 0 aromatic carbocycles. The maximum absolute atomic E-state index is 12.5. The van der Waals surface area contributed by atoms with E-state index in [4.69, 9.17) is 18.8 Å². The third-order valence-electron chi connectivity index (χ3n) is 4.79. The fraction of sp³-hybridized carbons (Fsp3) is 0.818. The molecule has 0 unspecified atom stereocenters. The van der Waals surface area contributed by atoms with Crippen LogP contribution in [-0.4, -0.2) is 53.2 Å². The van der Waals surface area contributed by atoms with Gasteiger partial charge < -0.3 is 18.8 Å². The van der Waals surface area contributed by atoms with E-state index in [1.54, 1.807) is 41.5 Å². The number of amides is 2. The van der Waals surface area contributed by atoms with Gasteiger partial charge in [-0.1, -0.05) is 12.1 Å². The minimum Gasteiger partial charge on any atom is -0.443 e. The van der Waals surface area contributed by atoms with Gasteiger partial charge in [-0.25, -0.2) is 14.5 Å². The zero-order valence-electron chi connectivity index (χ0n) is 20.5. The lowest BCUT2D eigenvalue weighted by atomic mass is 9.89. The average molecular weight is 425 g/mol. The number of ether oxygens (including phenoxy) is 2. The first kappa shape index (κ1) is 26.5. The molecule has 0 radical (unpaired) electrons. The summed E-state index contributed by atoms with van der Waals surface area (Å²) in [5.74, 6) is 1.91. The fourth-order valence-corrected chi connectivity index (χ4v) is 2.60. The van der Waals surface area contributed by atoms with E-state index in [0.29, 0.717) is 6.42 Å². The van der Waals surface area contributed by atoms with Crippen molar-refractivity contribution in [2.45, 2.75) is 111 Å². The third-order valence-corrected chi connectivity index (χ3v) is 4.79. The molecular formula is C22H40BNO6. The van der Waals surface area contributed by atoms with E-state index in [9.17, 15) is 9.59 Å². The van der Waals surface area contributed by atoms with Crippen LogP contribution in [0, 0.1) is 0 Å². The number of carbonyl (C=O) groups is 2. The zero-order valence-corrected chi connectivity index (χ0v) is 20.5. The standard InChI is InChI=1S/C22H40BNO6/c1-19(2,3)27-17(25)24(18(26)28-20(4,5)6)16-14-12-11-13-15-23-29-21(7,8)22(9,10)30-23/h13,15H,11-12,14,16H2,1-10H3/b15-13+. The van der Waals surface area contributed by atoms with Gasteiger partial charge in [-0.15, -0.1) is 0 Å². The Kier molecular flexibility index (Phi) is 8.59. The van der Waals surface area contributed by atoms with Gasteiger partial charge >= 0.3 is 19.3 Å². The summed E-state index contributed by atoms with van der Waals surface area (Å²) in [5, 5.41) is 0. The molecule has 2 amide bonds. The minimum atomic E-state index is -0.692. The first-order chi connectivity index (χ1) is 13.4. The number of unbranched alkanes of at least 4 members (excludes halogenated alkanes) is 2. The Morgan fingerprint density at radius 2 is 1.30 bits per heavy atom. The van der Waals surface area contributed by atoms with Gasteiger partial charge in [-0.2, -0.15) is 0 Å². The highest BCUT2D eigenvalue weighted by Crippen LogP contribution is 2.36. The maximum atomic E-state index is 12.5. The molecule has 0 spiro atoms. The van der Waals surface area contributed by atoms with Crippen molar-refractivity contribution in [3.8, 4) is 0 Å². The molecule has 1 heterocycles. The van der Waals surface area contributed by atoms with Gasteiger partial charge in [0.25, 0.3) is 0 Å². The molecule has 0 aromatic heterocycles. The first-order valence-corrected chi connectivity index (χ1v) is 10.7. The summed E-state index contributed by atoms with van der Waals surface area (Å²) >= 11 is 0. The minimum absolute atomic E-state index is 0.230.